The molecule has 0 bridgehead atoms. The largest absolute Gasteiger partial charge is 0.497 e. The molecule has 0 aliphatic rings. The molecule has 0 saturated heterocycles. The van der Waals surface area contributed by atoms with Crippen molar-refractivity contribution < 1.29 is 9.47 Å². The Morgan fingerprint density at radius 3 is 2.29 bits per heavy atom. The minimum Gasteiger partial charge on any atom is -0.497 e. The summed E-state index contributed by atoms with van der Waals surface area (Å²) in [6.45, 7) is 5.16. The molecule has 1 aromatic carbocycles. The minimum absolute atomic E-state index is 0.251. The lowest BCUT2D eigenvalue weighted by molar-refractivity contribution is 0.101. The van der Waals surface area contributed by atoms with Crippen LogP contribution in [0.25, 0.3) is 0 Å². The summed E-state index contributed by atoms with van der Waals surface area (Å²) in [7, 11) is 3.44. The molecule has 17 heavy (non-hydrogen) atoms. The van der Waals surface area contributed by atoms with Gasteiger partial charge in [-0.1, -0.05) is 19.1 Å². The van der Waals surface area contributed by atoms with Gasteiger partial charge in [-0.2, -0.15) is 0 Å². The Labute approximate surface area is 104 Å². The van der Waals surface area contributed by atoms with Gasteiger partial charge in [0, 0.05) is 13.2 Å². The van der Waals surface area contributed by atoms with E-state index in [-0.39, 0.29) is 6.10 Å². The highest BCUT2D eigenvalue weighted by atomic mass is 16.5. The maximum Gasteiger partial charge on any atom is 0.118 e. The molecule has 0 saturated carbocycles. The molecule has 96 valence electrons. The van der Waals surface area contributed by atoms with E-state index in [0.717, 1.165) is 18.7 Å². The number of benzene rings is 1. The summed E-state index contributed by atoms with van der Waals surface area (Å²) < 4.78 is 10.5. The lowest BCUT2D eigenvalue weighted by atomic mass is 10.0. The quantitative estimate of drug-likeness (QED) is 0.791. The first-order valence-electron chi connectivity index (χ1n) is 6.11. The molecule has 0 heterocycles. The SMILES string of the molecule is CCNC(CC(C)OC)c1ccc(OC)cc1. The van der Waals surface area contributed by atoms with E-state index in [1.807, 2.05) is 12.1 Å². The molecule has 3 heteroatoms. The first kappa shape index (κ1) is 14.0. The second kappa shape index (κ2) is 7.30. The van der Waals surface area contributed by atoms with Gasteiger partial charge < -0.3 is 14.8 Å². The van der Waals surface area contributed by atoms with Crippen molar-refractivity contribution in [2.45, 2.75) is 32.4 Å². The van der Waals surface area contributed by atoms with Crippen LogP contribution in [0.1, 0.15) is 31.9 Å². The fourth-order valence-corrected chi connectivity index (χ4v) is 1.85. The van der Waals surface area contributed by atoms with E-state index < -0.39 is 0 Å². The number of hydrogen-bond donors (Lipinski definition) is 1. The van der Waals surface area contributed by atoms with Crippen LogP contribution in [0.5, 0.6) is 5.75 Å². The third-order valence-electron chi connectivity index (χ3n) is 2.94. The molecule has 0 aliphatic carbocycles. The van der Waals surface area contributed by atoms with Gasteiger partial charge in [-0.3, -0.25) is 0 Å². The first-order chi connectivity index (χ1) is 8.21. The van der Waals surface area contributed by atoms with Gasteiger partial charge in [0.25, 0.3) is 0 Å². The molecule has 2 atom stereocenters. The van der Waals surface area contributed by atoms with E-state index >= 15 is 0 Å². The van der Waals surface area contributed by atoms with Crippen molar-refractivity contribution in [2.24, 2.45) is 0 Å². The fraction of sp³-hybridized carbons (Fsp3) is 0.571. The lowest BCUT2D eigenvalue weighted by Crippen LogP contribution is -2.25. The van der Waals surface area contributed by atoms with Crippen LogP contribution >= 0.6 is 0 Å². The maximum atomic E-state index is 5.33. The maximum absolute atomic E-state index is 5.33. The Kier molecular flexibility index (Phi) is 6.01. The summed E-state index contributed by atoms with van der Waals surface area (Å²) in [6.07, 6.45) is 1.22. The summed E-state index contributed by atoms with van der Waals surface area (Å²) in [6, 6.07) is 8.54. The average molecular weight is 237 g/mol. The Balaban J connectivity index is 2.73. The second-order valence-corrected chi connectivity index (χ2v) is 4.17. The van der Waals surface area contributed by atoms with Crippen molar-refractivity contribution >= 4 is 0 Å². The zero-order valence-corrected chi connectivity index (χ0v) is 11.2. The summed E-state index contributed by atoms with van der Waals surface area (Å²) >= 11 is 0. The van der Waals surface area contributed by atoms with Crippen molar-refractivity contribution in [3.8, 4) is 5.75 Å². The summed E-state index contributed by atoms with van der Waals surface area (Å²) in [4.78, 5) is 0. The second-order valence-electron chi connectivity index (χ2n) is 4.17. The monoisotopic (exact) mass is 237 g/mol. The van der Waals surface area contributed by atoms with E-state index in [4.69, 9.17) is 9.47 Å². The molecule has 0 radical (unpaired) electrons. The molecule has 2 unspecified atom stereocenters. The lowest BCUT2D eigenvalue weighted by Gasteiger charge is -2.21. The minimum atomic E-state index is 0.251. The average Bonchev–Trinajstić information content (AvgIpc) is 2.38. The molecule has 0 amide bonds. The molecular weight excluding hydrogens is 214 g/mol. The van der Waals surface area contributed by atoms with E-state index in [9.17, 15) is 0 Å². The molecule has 0 fully saturated rings. The predicted octanol–water partition coefficient (Wildman–Crippen LogP) is 2.77. The van der Waals surface area contributed by atoms with Gasteiger partial charge in [0.2, 0.25) is 0 Å². The number of methoxy groups -OCH3 is 2. The Hall–Kier alpha value is -1.06. The van der Waals surface area contributed by atoms with Crippen LogP contribution in [0.2, 0.25) is 0 Å². The zero-order valence-electron chi connectivity index (χ0n) is 11.2. The van der Waals surface area contributed by atoms with Gasteiger partial charge in [0.05, 0.1) is 13.2 Å². The van der Waals surface area contributed by atoms with Crippen LogP contribution in [-0.2, 0) is 4.74 Å². The molecule has 3 nitrogen and oxygen atoms in total. The highest BCUT2D eigenvalue weighted by Gasteiger charge is 2.13. The molecule has 0 aromatic heterocycles. The van der Waals surface area contributed by atoms with Crippen LogP contribution < -0.4 is 10.1 Å². The standard InChI is InChI=1S/C14H23NO2/c1-5-15-14(10-11(2)16-3)12-6-8-13(17-4)9-7-12/h6-9,11,14-15H,5,10H2,1-4H3. The first-order valence-corrected chi connectivity index (χ1v) is 6.11. The van der Waals surface area contributed by atoms with Crippen molar-refractivity contribution in [2.75, 3.05) is 20.8 Å². The van der Waals surface area contributed by atoms with Crippen molar-refractivity contribution in [1.29, 1.82) is 0 Å². The highest BCUT2D eigenvalue weighted by molar-refractivity contribution is 5.29. The summed E-state index contributed by atoms with van der Waals surface area (Å²) in [5, 5.41) is 3.48. The Morgan fingerprint density at radius 1 is 1.18 bits per heavy atom. The summed E-state index contributed by atoms with van der Waals surface area (Å²) in [5.41, 5.74) is 1.27. The fourth-order valence-electron chi connectivity index (χ4n) is 1.85. The third-order valence-corrected chi connectivity index (χ3v) is 2.94. The normalized spacial score (nSPS) is 14.4. The van der Waals surface area contributed by atoms with Crippen LogP contribution in [0.3, 0.4) is 0 Å². The number of hydrogen-bond acceptors (Lipinski definition) is 3. The molecule has 1 rings (SSSR count). The highest BCUT2D eigenvalue weighted by Crippen LogP contribution is 2.22. The van der Waals surface area contributed by atoms with Gasteiger partial charge >= 0.3 is 0 Å². The number of rotatable bonds is 7. The van der Waals surface area contributed by atoms with Crippen molar-refractivity contribution in [3.63, 3.8) is 0 Å². The molecule has 0 spiro atoms. The number of ether oxygens (including phenoxy) is 2. The van der Waals surface area contributed by atoms with Crippen LogP contribution in [0.15, 0.2) is 24.3 Å². The molecule has 0 aliphatic heterocycles. The predicted molar refractivity (Wildman–Crippen MR) is 70.5 cm³/mol. The van der Waals surface area contributed by atoms with E-state index in [1.54, 1.807) is 14.2 Å². The topological polar surface area (TPSA) is 30.5 Å². The van der Waals surface area contributed by atoms with Gasteiger partial charge in [0.1, 0.15) is 5.75 Å². The van der Waals surface area contributed by atoms with E-state index in [2.05, 4.69) is 31.3 Å². The van der Waals surface area contributed by atoms with Gasteiger partial charge in [0.15, 0.2) is 0 Å². The summed E-state index contributed by atoms with van der Waals surface area (Å²) in [5.74, 6) is 0.892. The van der Waals surface area contributed by atoms with Crippen molar-refractivity contribution in [3.05, 3.63) is 29.8 Å². The van der Waals surface area contributed by atoms with Crippen molar-refractivity contribution in [1.82, 2.24) is 5.32 Å². The van der Waals surface area contributed by atoms with E-state index in [0.29, 0.717) is 6.04 Å². The Bertz CT molecular complexity index is 311. The molecule has 1 N–H and O–H groups in total. The smallest absolute Gasteiger partial charge is 0.118 e. The van der Waals surface area contributed by atoms with Gasteiger partial charge in [-0.05, 0) is 37.6 Å². The number of nitrogens with one attached hydrogen (secondary N) is 1. The molecular formula is C14H23NO2. The molecule has 1 aromatic rings. The third kappa shape index (κ3) is 4.36. The van der Waals surface area contributed by atoms with Gasteiger partial charge in [-0.15, -0.1) is 0 Å². The van der Waals surface area contributed by atoms with Crippen LogP contribution in [-0.4, -0.2) is 26.9 Å². The zero-order chi connectivity index (χ0) is 12.7. The van der Waals surface area contributed by atoms with Crippen LogP contribution in [0.4, 0.5) is 0 Å². The van der Waals surface area contributed by atoms with Crippen LogP contribution in [0, 0.1) is 0 Å². The Morgan fingerprint density at radius 2 is 1.82 bits per heavy atom. The van der Waals surface area contributed by atoms with Gasteiger partial charge in [-0.25, -0.2) is 0 Å². The van der Waals surface area contributed by atoms with E-state index in [1.165, 1.54) is 5.56 Å².